The molecule has 6 heteroatoms. The molecule has 4 aliphatic rings. The largest absolute Gasteiger partial charge is 0.367 e. The van der Waals surface area contributed by atoms with Crippen LogP contribution in [0.1, 0.15) is 58.4 Å². The third-order valence-electron chi connectivity index (χ3n) is 6.75. The lowest BCUT2D eigenvalue weighted by atomic mass is 9.49. The summed E-state index contributed by atoms with van der Waals surface area (Å²) in [5, 5.41) is 3.47. The highest BCUT2D eigenvalue weighted by Crippen LogP contribution is 2.59. The van der Waals surface area contributed by atoms with Gasteiger partial charge in [-0.25, -0.2) is 4.98 Å². The van der Waals surface area contributed by atoms with E-state index < -0.39 is 6.08 Å². The third kappa shape index (κ3) is 2.52. The van der Waals surface area contributed by atoms with E-state index in [1.807, 2.05) is 18.4 Å². The molecule has 6 rings (SSSR count). The van der Waals surface area contributed by atoms with Crippen LogP contribution in [-0.4, -0.2) is 26.1 Å². The first kappa shape index (κ1) is 15.5. The first-order chi connectivity index (χ1) is 12.0. The molecule has 2 aromatic rings. The third-order valence-corrected chi connectivity index (χ3v) is 6.75. The summed E-state index contributed by atoms with van der Waals surface area (Å²) in [5.41, 5.74) is 1.64. The molecule has 0 atom stereocenters. The number of fused-ring (bicyclic) bond motifs is 1. The van der Waals surface area contributed by atoms with Gasteiger partial charge >= 0.3 is 6.08 Å². The van der Waals surface area contributed by atoms with Crippen molar-refractivity contribution >= 4 is 17.0 Å². The summed E-state index contributed by atoms with van der Waals surface area (Å²) >= 11 is 0. The Morgan fingerprint density at radius 3 is 2.40 bits per heavy atom. The number of anilines is 1. The summed E-state index contributed by atoms with van der Waals surface area (Å²) in [6.07, 6.45) is 9.33. The predicted octanol–water partition coefficient (Wildman–Crippen LogP) is 4.17. The fourth-order valence-corrected chi connectivity index (χ4v) is 6.17. The van der Waals surface area contributed by atoms with Gasteiger partial charge in [-0.2, -0.15) is 14.4 Å². The molecule has 0 spiro atoms. The summed E-state index contributed by atoms with van der Waals surface area (Å²) in [4.78, 5) is 12.5. The van der Waals surface area contributed by atoms with E-state index in [1.165, 1.54) is 38.5 Å². The van der Waals surface area contributed by atoms with Crippen LogP contribution < -0.4 is 5.32 Å². The van der Waals surface area contributed by atoms with Gasteiger partial charge in [0.1, 0.15) is 0 Å². The van der Waals surface area contributed by atoms with Crippen LogP contribution >= 0.6 is 0 Å². The molecule has 0 unspecified atom stereocenters. The fourth-order valence-electron chi connectivity index (χ4n) is 6.17. The minimum absolute atomic E-state index is 0.190. The van der Waals surface area contributed by atoms with Crippen LogP contribution in [0, 0.1) is 29.2 Å². The second-order valence-corrected chi connectivity index (χ2v) is 9.03. The Morgan fingerprint density at radius 2 is 1.80 bits per heavy atom. The summed E-state index contributed by atoms with van der Waals surface area (Å²) in [6, 6.07) is 0.190. The van der Waals surface area contributed by atoms with E-state index in [1.54, 1.807) is 6.33 Å². The first-order valence-electron chi connectivity index (χ1n) is 9.65. The lowest BCUT2D eigenvalue weighted by molar-refractivity contribution is -0.0444. The quantitative estimate of drug-likeness (QED) is 0.846. The number of halogens is 1. The average molecular weight is 343 g/mol. The van der Waals surface area contributed by atoms with Gasteiger partial charge in [0.25, 0.3) is 0 Å². The maximum Gasteiger partial charge on any atom is 0.312 e. The Balaban J connectivity index is 1.43. The molecule has 25 heavy (non-hydrogen) atoms. The molecule has 4 aliphatic carbocycles. The lowest BCUT2D eigenvalue weighted by Gasteiger charge is -2.57. The Bertz CT molecular complexity index is 776. The maximum absolute atomic E-state index is 14.0. The zero-order chi connectivity index (χ0) is 17.2. The highest BCUT2D eigenvalue weighted by atomic mass is 19.1. The molecule has 5 nitrogen and oxygen atoms in total. The van der Waals surface area contributed by atoms with E-state index in [0.29, 0.717) is 22.4 Å². The number of rotatable bonds is 4. The van der Waals surface area contributed by atoms with Crippen molar-refractivity contribution in [3.05, 3.63) is 12.4 Å². The van der Waals surface area contributed by atoms with Gasteiger partial charge in [0, 0.05) is 12.6 Å². The Labute approximate surface area is 147 Å². The van der Waals surface area contributed by atoms with Gasteiger partial charge in [-0.3, -0.25) is 0 Å². The van der Waals surface area contributed by atoms with Gasteiger partial charge in [0.05, 0.1) is 6.33 Å². The van der Waals surface area contributed by atoms with E-state index in [4.69, 9.17) is 0 Å². The van der Waals surface area contributed by atoms with Gasteiger partial charge in [-0.1, -0.05) is 0 Å². The summed E-state index contributed by atoms with van der Waals surface area (Å²) < 4.78 is 15.9. The van der Waals surface area contributed by atoms with Crippen LogP contribution in [0.5, 0.6) is 0 Å². The monoisotopic (exact) mass is 343 g/mol. The van der Waals surface area contributed by atoms with Crippen molar-refractivity contribution in [1.82, 2.24) is 19.5 Å². The molecule has 4 fully saturated rings. The number of hydrogen-bond acceptors (Lipinski definition) is 4. The molecule has 0 aliphatic heterocycles. The van der Waals surface area contributed by atoms with Crippen molar-refractivity contribution < 1.29 is 4.39 Å². The van der Waals surface area contributed by atoms with Gasteiger partial charge in [-0.15, -0.1) is 0 Å². The SMILES string of the molecule is CC(C)n1cnc2c(NCC34CC5CC(CC(C5)C3)C4)nc(F)nc21. The summed E-state index contributed by atoms with van der Waals surface area (Å²) in [6.45, 7) is 4.98. The summed E-state index contributed by atoms with van der Waals surface area (Å²) in [7, 11) is 0. The van der Waals surface area contributed by atoms with Crippen LogP contribution in [0.2, 0.25) is 0 Å². The topological polar surface area (TPSA) is 55.6 Å². The fraction of sp³-hybridized carbons (Fsp3) is 0.737. The van der Waals surface area contributed by atoms with E-state index in [2.05, 4.69) is 20.3 Å². The number of nitrogens with zero attached hydrogens (tertiary/aromatic N) is 4. The highest BCUT2D eigenvalue weighted by molar-refractivity contribution is 5.82. The van der Waals surface area contributed by atoms with Crippen LogP contribution in [0.3, 0.4) is 0 Å². The van der Waals surface area contributed by atoms with Crippen LogP contribution in [-0.2, 0) is 0 Å². The number of aromatic nitrogens is 4. The normalized spacial score (nSPS) is 33.5. The highest BCUT2D eigenvalue weighted by Gasteiger charge is 2.50. The van der Waals surface area contributed by atoms with Gasteiger partial charge in [-0.05, 0) is 75.5 Å². The minimum atomic E-state index is -0.678. The zero-order valence-corrected chi connectivity index (χ0v) is 15.0. The van der Waals surface area contributed by atoms with E-state index in [9.17, 15) is 4.39 Å². The van der Waals surface area contributed by atoms with Gasteiger partial charge in [0.2, 0.25) is 0 Å². The molecular weight excluding hydrogens is 317 g/mol. The second-order valence-electron chi connectivity index (χ2n) is 9.03. The maximum atomic E-state index is 14.0. The molecule has 0 saturated heterocycles. The Hall–Kier alpha value is -1.72. The number of imidazole rings is 1. The van der Waals surface area contributed by atoms with Crippen molar-refractivity contribution in [3.8, 4) is 0 Å². The molecule has 134 valence electrons. The molecule has 2 heterocycles. The van der Waals surface area contributed by atoms with Crippen LogP contribution in [0.15, 0.2) is 6.33 Å². The van der Waals surface area contributed by atoms with Gasteiger partial charge < -0.3 is 9.88 Å². The molecule has 1 N–H and O–H groups in total. The standard InChI is InChI=1S/C19H26FN5/c1-11(2)25-10-22-15-16(23-18(20)24-17(15)25)21-9-19-6-12-3-13(7-19)5-14(4-12)8-19/h10-14H,3-9H2,1-2H3,(H,21,23,24). The average Bonchev–Trinajstić information content (AvgIpc) is 2.95. The number of nitrogens with one attached hydrogen (secondary N) is 1. The lowest BCUT2D eigenvalue weighted by Crippen LogP contribution is -2.49. The minimum Gasteiger partial charge on any atom is -0.367 e. The zero-order valence-electron chi connectivity index (χ0n) is 15.0. The first-order valence-corrected chi connectivity index (χ1v) is 9.65. The number of hydrogen-bond donors (Lipinski definition) is 1. The van der Waals surface area contributed by atoms with E-state index >= 15 is 0 Å². The van der Waals surface area contributed by atoms with E-state index in [-0.39, 0.29) is 6.04 Å². The van der Waals surface area contributed by atoms with Crippen molar-refractivity contribution in [2.75, 3.05) is 11.9 Å². The van der Waals surface area contributed by atoms with Crippen molar-refractivity contribution in [2.24, 2.45) is 23.2 Å². The molecule has 4 bridgehead atoms. The molecule has 0 aromatic carbocycles. The van der Waals surface area contributed by atoms with Crippen molar-refractivity contribution in [2.45, 2.75) is 58.4 Å². The molecule has 2 aromatic heterocycles. The Morgan fingerprint density at radius 1 is 1.16 bits per heavy atom. The molecular formula is C19H26FN5. The second kappa shape index (κ2) is 5.39. The van der Waals surface area contributed by atoms with Crippen molar-refractivity contribution in [1.29, 1.82) is 0 Å². The molecule has 0 radical (unpaired) electrons. The van der Waals surface area contributed by atoms with Crippen LogP contribution in [0.25, 0.3) is 11.2 Å². The van der Waals surface area contributed by atoms with Crippen LogP contribution in [0.4, 0.5) is 10.2 Å². The molecule has 4 saturated carbocycles. The summed E-state index contributed by atoms with van der Waals surface area (Å²) in [5.74, 6) is 3.29. The molecule has 0 amide bonds. The van der Waals surface area contributed by atoms with Crippen molar-refractivity contribution in [3.63, 3.8) is 0 Å². The Kier molecular flexibility index (Phi) is 3.35. The van der Waals surface area contributed by atoms with E-state index in [0.717, 1.165) is 24.3 Å². The predicted molar refractivity (Wildman–Crippen MR) is 94.8 cm³/mol. The smallest absolute Gasteiger partial charge is 0.312 e. The van der Waals surface area contributed by atoms with Gasteiger partial charge in [0.15, 0.2) is 17.0 Å².